The second-order valence-corrected chi connectivity index (χ2v) is 6.05. The van der Waals surface area contributed by atoms with Gasteiger partial charge in [0.15, 0.2) is 0 Å². The molecule has 4 nitrogen and oxygen atoms in total. The summed E-state index contributed by atoms with van der Waals surface area (Å²) in [5.41, 5.74) is 0.116. The highest BCUT2D eigenvalue weighted by Crippen LogP contribution is 2.28. The third kappa shape index (κ3) is 2.91. The number of piperazine rings is 1. The first-order valence-electron chi connectivity index (χ1n) is 7.29. The Bertz CT molecular complexity index is 561. The normalized spacial score (nSPS) is 25.9. The Labute approximate surface area is 130 Å². The highest BCUT2D eigenvalue weighted by molar-refractivity contribution is 6.30. The average molecular weight is 309 g/mol. The lowest BCUT2D eigenvalue weighted by molar-refractivity contribution is -0.157. The molecule has 2 rings (SSSR count). The van der Waals surface area contributed by atoms with Crippen LogP contribution in [0.4, 0.5) is 0 Å². The van der Waals surface area contributed by atoms with E-state index in [2.05, 4.69) is 5.32 Å². The maximum atomic E-state index is 12.6. The summed E-state index contributed by atoms with van der Waals surface area (Å²) in [7, 11) is 0. The molecule has 0 bridgehead atoms. The highest BCUT2D eigenvalue weighted by atomic mass is 35.5. The molecule has 1 aromatic rings. The molecule has 2 unspecified atom stereocenters. The smallest absolute Gasteiger partial charge is 0.246 e. The summed E-state index contributed by atoms with van der Waals surface area (Å²) < 4.78 is 0. The number of amides is 2. The van der Waals surface area contributed by atoms with Gasteiger partial charge in [-0.2, -0.15) is 0 Å². The number of benzene rings is 1. The van der Waals surface area contributed by atoms with E-state index in [0.29, 0.717) is 24.4 Å². The van der Waals surface area contributed by atoms with Crippen molar-refractivity contribution in [1.82, 2.24) is 10.2 Å². The minimum Gasteiger partial charge on any atom is -0.342 e. The zero-order chi connectivity index (χ0) is 15.6. The van der Waals surface area contributed by atoms with E-state index in [1.807, 2.05) is 39.0 Å². The SMILES string of the molecule is CCC1NC(=O)C(C)(CC)N(Cc2cccc(Cl)c2)C1=O. The second kappa shape index (κ2) is 6.06. The van der Waals surface area contributed by atoms with E-state index in [-0.39, 0.29) is 11.8 Å². The Kier molecular flexibility index (Phi) is 4.57. The lowest BCUT2D eigenvalue weighted by Crippen LogP contribution is -2.68. The van der Waals surface area contributed by atoms with Crippen LogP contribution in [0.15, 0.2) is 24.3 Å². The van der Waals surface area contributed by atoms with Crippen LogP contribution in [0.5, 0.6) is 0 Å². The van der Waals surface area contributed by atoms with Crippen molar-refractivity contribution in [3.05, 3.63) is 34.9 Å². The van der Waals surface area contributed by atoms with Crippen LogP contribution in [-0.2, 0) is 16.1 Å². The number of carbonyl (C=O) groups excluding carboxylic acids is 2. The number of nitrogens with zero attached hydrogens (tertiary/aromatic N) is 1. The molecule has 1 aliphatic rings. The predicted octanol–water partition coefficient (Wildman–Crippen LogP) is 2.75. The Morgan fingerprint density at radius 1 is 1.33 bits per heavy atom. The number of carbonyl (C=O) groups is 2. The maximum Gasteiger partial charge on any atom is 0.246 e. The lowest BCUT2D eigenvalue weighted by atomic mass is 9.89. The molecule has 1 aromatic carbocycles. The van der Waals surface area contributed by atoms with Gasteiger partial charge in [-0.25, -0.2) is 0 Å². The monoisotopic (exact) mass is 308 g/mol. The summed E-state index contributed by atoms with van der Waals surface area (Å²) >= 11 is 6.01. The fourth-order valence-electron chi connectivity index (χ4n) is 2.63. The van der Waals surface area contributed by atoms with Gasteiger partial charge in [-0.3, -0.25) is 9.59 Å². The van der Waals surface area contributed by atoms with E-state index in [4.69, 9.17) is 11.6 Å². The third-order valence-electron chi connectivity index (χ3n) is 4.28. The van der Waals surface area contributed by atoms with Gasteiger partial charge in [-0.15, -0.1) is 0 Å². The Morgan fingerprint density at radius 2 is 2.05 bits per heavy atom. The third-order valence-corrected chi connectivity index (χ3v) is 4.52. The van der Waals surface area contributed by atoms with Gasteiger partial charge in [0, 0.05) is 11.6 Å². The van der Waals surface area contributed by atoms with Gasteiger partial charge >= 0.3 is 0 Å². The zero-order valence-electron chi connectivity index (χ0n) is 12.6. The number of hydrogen-bond acceptors (Lipinski definition) is 2. The van der Waals surface area contributed by atoms with Crippen LogP contribution in [0.25, 0.3) is 0 Å². The summed E-state index contributed by atoms with van der Waals surface area (Å²) in [6, 6.07) is 6.97. The van der Waals surface area contributed by atoms with Crippen LogP contribution in [-0.4, -0.2) is 28.3 Å². The zero-order valence-corrected chi connectivity index (χ0v) is 13.4. The molecular weight excluding hydrogens is 288 g/mol. The Balaban J connectivity index is 2.35. The van der Waals surface area contributed by atoms with Crippen molar-refractivity contribution in [2.24, 2.45) is 0 Å². The molecule has 0 aromatic heterocycles. The number of hydrogen-bond donors (Lipinski definition) is 1. The largest absolute Gasteiger partial charge is 0.342 e. The molecule has 1 heterocycles. The molecule has 114 valence electrons. The van der Waals surface area contributed by atoms with E-state index in [0.717, 1.165) is 5.56 Å². The molecule has 0 spiro atoms. The number of rotatable bonds is 4. The Hall–Kier alpha value is -1.55. The van der Waals surface area contributed by atoms with E-state index >= 15 is 0 Å². The fourth-order valence-corrected chi connectivity index (χ4v) is 2.84. The van der Waals surface area contributed by atoms with Gasteiger partial charge in [0.05, 0.1) is 0 Å². The van der Waals surface area contributed by atoms with E-state index in [9.17, 15) is 9.59 Å². The number of nitrogens with one attached hydrogen (secondary N) is 1. The van der Waals surface area contributed by atoms with Gasteiger partial charge in [-0.05, 0) is 37.5 Å². The summed E-state index contributed by atoms with van der Waals surface area (Å²) in [5, 5.41) is 3.46. The van der Waals surface area contributed by atoms with Crippen molar-refractivity contribution in [1.29, 1.82) is 0 Å². The van der Waals surface area contributed by atoms with Crippen molar-refractivity contribution in [2.45, 2.75) is 51.7 Å². The molecule has 0 aliphatic carbocycles. The molecule has 2 amide bonds. The fraction of sp³-hybridized carbons (Fsp3) is 0.500. The molecule has 21 heavy (non-hydrogen) atoms. The molecule has 0 saturated carbocycles. The second-order valence-electron chi connectivity index (χ2n) is 5.62. The quantitative estimate of drug-likeness (QED) is 0.930. The van der Waals surface area contributed by atoms with Gasteiger partial charge < -0.3 is 10.2 Å². The molecule has 0 radical (unpaired) electrons. The molecule has 1 N–H and O–H groups in total. The van der Waals surface area contributed by atoms with Gasteiger partial charge in [-0.1, -0.05) is 37.6 Å². The molecule has 5 heteroatoms. The van der Waals surface area contributed by atoms with Crippen molar-refractivity contribution in [2.75, 3.05) is 0 Å². The average Bonchev–Trinajstić information content (AvgIpc) is 2.47. The van der Waals surface area contributed by atoms with Crippen LogP contribution >= 0.6 is 11.6 Å². The molecular formula is C16H21ClN2O2. The van der Waals surface area contributed by atoms with Crippen LogP contribution < -0.4 is 5.32 Å². The van der Waals surface area contributed by atoms with Crippen LogP contribution in [0.3, 0.4) is 0 Å². The first kappa shape index (κ1) is 15.8. The van der Waals surface area contributed by atoms with Crippen LogP contribution in [0, 0.1) is 0 Å². The first-order chi connectivity index (χ1) is 9.92. The first-order valence-corrected chi connectivity index (χ1v) is 7.67. The van der Waals surface area contributed by atoms with Crippen LogP contribution in [0.1, 0.15) is 39.2 Å². The van der Waals surface area contributed by atoms with Gasteiger partial charge in [0.25, 0.3) is 0 Å². The summed E-state index contributed by atoms with van der Waals surface area (Å²) in [4.78, 5) is 26.7. The van der Waals surface area contributed by atoms with Crippen molar-refractivity contribution in [3.63, 3.8) is 0 Å². The van der Waals surface area contributed by atoms with Crippen molar-refractivity contribution >= 4 is 23.4 Å². The van der Waals surface area contributed by atoms with E-state index in [1.54, 1.807) is 11.0 Å². The summed E-state index contributed by atoms with van der Waals surface area (Å²) in [6.45, 7) is 6.03. The van der Waals surface area contributed by atoms with Gasteiger partial charge in [0.1, 0.15) is 11.6 Å². The van der Waals surface area contributed by atoms with Gasteiger partial charge in [0.2, 0.25) is 11.8 Å². The lowest BCUT2D eigenvalue weighted by Gasteiger charge is -2.46. The Morgan fingerprint density at radius 3 is 2.62 bits per heavy atom. The molecule has 2 atom stereocenters. The number of halogens is 1. The topological polar surface area (TPSA) is 49.4 Å². The standard InChI is InChI=1S/C16H21ClN2O2/c1-4-13-14(20)19(16(3,5-2)15(21)18-13)10-11-7-6-8-12(17)9-11/h6-9,13H,4-5,10H2,1-3H3,(H,18,21). The minimum atomic E-state index is -0.814. The van der Waals surface area contributed by atoms with E-state index in [1.165, 1.54) is 0 Å². The maximum absolute atomic E-state index is 12.6. The summed E-state index contributed by atoms with van der Waals surface area (Å²) in [6.07, 6.45) is 1.16. The van der Waals surface area contributed by atoms with E-state index < -0.39 is 11.6 Å². The molecule has 1 aliphatic heterocycles. The minimum absolute atomic E-state index is 0.0265. The molecule has 1 saturated heterocycles. The van der Waals surface area contributed by atoms with Crippen molar-refractivity contribution < 1.29 is 9.59 Å². The van der Waals surface area contributed by atoms with Crippen LogP contribution in [0.2, 0.25) is 5.02 Å². The predicted molar refractivity (Wildman–Crippen MR) is 82.9 cm³/mol. The van der Waals surface area contributed by atoms with Crippen molar-refractivity contribution in [3.8, 4) is 0 Å². The molecule has 1 fully saturated rings. The summed E-state index contributed by atoms with van der Waals surface area (Å²) in [5.74, 6) is -0.111. The highest BCUT2D eigenvalue weighted by Gasteiger charge is 2.47.